The molecule has 5 heteroatoms. The van der Waals surface area contributed by atoms with E-state index in [1.807, 2.05) is 41.2 Å². The zero-order chi connectivity index (χ0) is 14.7. The van der Waals surface area contributed by atoms with Crippen LogP contribution in [0.5, 0.6) is 0 Å². The fraction of sp³-hybridized carbons (Fsp3) is 0.0625. The highest BCUT2D eigenvalue weighted by atomic mass is 35.5. The first-order chi connectivity index (χ1) is 10.2. The van der Waals surface area contributed by atoms with Gasteiger partial charge in [0, 0.05) is 34.7 Å². The van der Waals surface area contributed by atoms with Gasteiger partial charge in [-0.25, -0.2) is 4.68 Å². The zero-order valence-electron chi connectivity index (χ0n) is 11.1. The molecule has 0 saturated carbocycles. The molecule has 0 radical (unpaired) electrons. The number of benzene rings is 2. The van der Waals surface area contributed by atoms with Crippen LogP contribution in [0.25, 0.3) is 5.69 Å². The summed E-state index contributed by atoms with van der Waals surface area (Å²) in [6, 6.07) is 15.5. The Morgan fingerprint density at radius 2 is 1.71 bits per heavy atom. The third-order valence-electron chi connectivity index (χ3n) is 3.06. The lowest BCUT2D eigenvalue weighted by atomic mass is 10.2. The van der Waals surface area contributed by atoms with Crippen molar-refractivity contribution in [3.8, 4) is 5.69 Å². The second-order valence-corrected chi connectivity index (χ2v) is 5.50. The monoisotopic (exact) mass is 317 g/mol. The van der Waals surface area contributed by atoms with E-state index in [4.69, 9.17) is 23.2 Å². The minimum atomic E-state index is 0.624. The molecule has 0 amide bonds. The van der Waals surface area contributed by atoms with E-state index in [9.17, 15) is 0 Å². The lowest BCUT2D eigenvalue weighted by Crippen LogP contribution is -2.00. The Labute approximate surface area is 133 Å². The highest BCUT2D eigenvalue weighted by molar-refractivity contribution is 6.35. The van der Waals surface area contributed by atoms with Gasteiger partial charge >= 0.3 is 0 Å². The van der Waals surface area contributed by atoms with E-state index >= 15 is 0 Å². The van der Waals surface area contributed by atoms with Crippen molar-refractivity contribution in [2.75, 3.05) is 5.32 Å². The number of hydrogen-bond donors (Lipinski definition) is 1. The Morgan fingerprint density at radius 3 is 2.33 bits per heavy atom. The van der Waals surface area contributed by atoms with Gasteiger partial charge < -0.3 is 5.32 Å². The number of nitrogens with one attached hydrogen (secondary N) is 1. The van der Waals surface area contributed by atoms with Crippen molar-refractivity contribution in [1.82, 2.24) is 9.78 Å². The zero-order valence-corrected chi connectivity index (χ0v) is 12.6. The number of hydrogen-bond acceptors (Lipinski definition) is 2. The minimum Gasteiger partial charge on any atom is -0.381 e. The van der Waals surface area contributed by atoms with Crippen LogP contribution in [0.4, 0.5) is 5.69 Å². The van der Waals surface area contributed by atoms with Crippen molar-refractivity contribution >= 4 is 28.9 Å². The molecule has 0 spiro atoms. The van der Waals surface area contributed by atoms with Crippen molar-refractivity contribution in [3.63, 3.8) is 0 Å². The number of halogens is 2. The summed E-state index contributed by atoms with van der Waals surface area (Å²) in [4.78, 5) is 0. The van der Waals surface area contributed by atoms with Gasteiger partial charge in [-0.1, -0.05) is 35.3 Å². The van der Waals surface area contributed by atoms with Gasteiger partial charge in [-0.3, -0.25) is 0 Å². The van der Waals surface area contributed by atoms with E-state index < -0.39 is 0 Å². The molecule has 3 nitrogen and oxygen atoms in total. The third-order valence-corrected chi connectivity index (χ3v) is 3.50. The average Bonchev–Trinajstić information content (AvgIpc) is 2.99. The first-order valence-electron chi connectivity index (χ1n) is 6.50. The molecule has 0 fully saturated rings. The summed E-state index contributed by atoms with van der Waals surface area (Å²) < 4.78 is 1.83. The van der Waals surface area contributed by atoms with E-state index in [2.05, 4.69) is 22.5 Å². The largest absolute Gasteiger partial charge is 0.381 e. The standard InChI is InChI=1S/C16H13Cl2N3/c17-13-8-14(18)10-15(9-13)19-11-12-2-4-16(5-3-12)21-7-1-6-20-21/h1-10,19H,11H2. The third kappa shape index (κ3) is 3.57. The molecule has 0 saturated heterocycles. The maximum absolute atomic E-state index is 5.98. The summed E-state index contributed by atoms with van der Waals surface area (Å²) in [6.07, 6.45) is 3.68. The van der Waals surface area contributed by atoms with Crippen LogP contribution in [-0.2, 0) is 6.54 Å². The number of aromatic nitrogens is 2. The molecule has 1 N–H and O–H groups in total. The fourth-order valence-corrected chi connectivity index (χ4v) is 2.57. The topological polar surface area (TPSA) is 29.9 Å². The Morgan fingerprint density at radius 1 is 1.00 bits per heavy atom. The molecule has 0 atom stereocenters. The lowest BCUT2D eigenvalue weighted by molar-refractivity contribution is 0.879. The molecule has 106 valence electrons. The molecule has 0 bridgehead atoms. The Balaban J connectivity index is 1.68. The van der Waals surface area contributed by atoms with E-state index in [1.54, 1.807) is 12.3 Å². The van der Waals surface area contributed by atoms with Crippen LogP contribution < -0.4 is 5.32 Å². The van der Waals surface area contributed by atoms with Crippen molar-refractivity contribution in [3.05, 3.63) is 76.5 Å². The molecule has 0 aliphatic carbocycles. The quantitative estimate of drug-likeness (QED) is 0.749. The summed E-state index contributed by atoms with van der Waals surface area (Å²) in [7, 11) is 0. The SMILES string of the molecule is Clc1cc(Cl)cc(NCc2ccc(-n3cccn3)cc2)c1. The second kappa shape index (κ2) is 6.20. The summed E-state index contributed by atoms with van der Waals surface area (Å²) in [5, 5.41) is 8.75. The molecule has 0 aliphatic rings. The summed E-state index contributed by atoms with van der Waals surface area (Å²) in [5.74, 6) is 0. The van der Waals surface area contributed by atoms with Crippen molar-refractivity contribution in [2.24, 2.45) is 0 Å². The second-order valence-electron chi connectivity index (χ2n) is 4.63. The Bertz CT molecular complexity index is 702. The van der Waals surface area contributed by atoms with Crippen LogP contribution in [0.15, 0.2) is 60.9 Å². The fourth-order valence-electron chi connectivity index (χ4n) is 2.05. The van der Waals surface area contributed by atoms with E-state index in [-0.39, 0.29) is 0 Å². The molecule has 1 aromatic heterocycles. The Hall–Kier alpha value is -1.97. The van der Waals surface area contributed by atoms with Gasteiger partial charge in [-0.15, -0.1) is 0 Å². The molecule has 2 aromatic carbocycles. The van der Waals surface area contributed by atoms with Crippen LogP contribution >= 0.6 is 23.2 Å². The van der Waals surface area contributed by atoms with Gasteiger partial charge in [0.25, 0.3) is 0 Å². The number of nitrogens with zero attached hydrogens (tertiary/aromatic N) is 2. The van der Waals surface area contributed by atoms with Crippen LogP contribution in [-0.4, -0.2) is 9.78 Å². The van der Waals surface area contributed by atoms with Crippen LogP contribution in [0.2, 0.25) is 10.0 Å². The highest BCUT2D eigenvalue weighted by Gasteiger charge is 2.00. The van der Waals surface area contributed by atoms with E-state index in [0.717, 1.165) is 11.4 Å². The molecule has 3 rings (SSSR count). The molecular formula is C16H13Cl2N3. The maximum Gasteiger partial charge on any atom is 0.0645 e. The summed E-state index contributed by atoms with van der Waals surface area (Å²) >= 11 is 12.0. The first-order valence-corrected chi connectivity index (χ1v) is 7.25. The van der Waals surface area contributed by atoms with Gasteiger partial charge in [0.05, 0.1) is 5.69 Å². The molecule has 3 aromatic rings. The van der Waals surface area contributed by atoms with Crippen LogP contribution in [0.3, 0.4) is 0 Å². The van der Waals surface area contributed by atoms with E-state index in [1.165, 1.54) is 5.56 Å². The van der Waals surface area contributed by atoms with Gasteiger partial charge in [-0.2, -0.15) is 5.10 Å². The van der Waals surface area contributed by atoms with Crippen molar-refractivity contribution in [2.45, 2.75) is 6.54 Å². The van der Waals surface area contributed by atoms with Gasteiger partial charge in [-0.05, 0) is 42.0 Å². The molecule has 21 heavy (non-hydrogen) atoms. The number of rotatable bonds is 4. The number of anilines is 1. The van der Waals surface area contributed by atoms with Crippen LogP contribution in [0, 0.1) is 0 Å². The molecular weight excluding hydrogens is 305 g/mol. The maximum atomic E-state index is 5.98. The van der Waals surface area contributed by atoms with E-state index in [0.29, 0.717) is 16.6 Å². The summed E-state index contributed by atoms with van der Waals surface area (Å²) in [5.41, 5.74) is 3.11. The Kier molecular flexibility index (Phi) is 4.13. The highest BCUT2D eigenvalue weighted by Crippen LogP contribution is 2.23. The molecule has 1 heterocycles. The predicted octanol–water partition coefficient (Wildman–Crippen LogP) is 4.79. The van der Waals surface area contributed by atoms with Crippen LogP contribution in [0.1, 0.15) is 5.56 Å². The van der Waals surface area contributed by atoms with Gasteiger partial charge in [0.15, 0.2) is 0 Å². The first kappa shape index (κ1) is 14.0. The molecule has 0 aliphatic heterocycles. The smallest absolute Gasteiger partial charge is 0.0645 e. The molecule has 0 unspecified atom stereocenters. The lowest BCUT2D eigenvalue weighted by Gasteiger charge is -2.08. The van der Waals surface area contributed by atoms with Gasteiger partial charge in [0.1, 0.15) is 0 Å². The van der Waals surface area contributed by atoms with Crippen molar-refractivity contribution in [1.29, 1.82) is 0 Å². The minimum absolute atomic E-state index is 0.624. The average molecular weight is 318 g/mol. The summed E-state index contributed by atoms with van der Waals surface area (Å²) in [6.45, 7) is 0.704. The predicted molar refractivity (Wildman–Crippen MR) is 87.4 cm³/mol. The van der Waals surface area contributed by atoms with Gasteiger partial charge in [0.2, 0.25) is 0 Å². The normalized spacial score (nSPS) is 10.6. The van der Waals surface area contributed by atoms with Crippen molar-refractivity contribution < 1.29 is 0 Å².